The number of ether oxygens (including phenoxy) is 1. The predicted octanol–water partition coefficient (Wildman–Crippen LogP) is 3.34. The molecule has 1 heterocycles. The number of nitrogens with zero attached hydrogens (tertiary/aromatic N) is 1. The van der Waals surface area contributed by atoms with Crippen molar-refractivity contribution in [3.8, 4) is 0 Å². The Morgan fingerprint density at radius 2 is 2.08 bits per heavy atom. The zero-order valence-electron chi connectivity index (χ0n) is 14.8. The molecule has 0 unspecified atom stereocenters. The van der Waals surface area contributed by atoms with E-state index >= 15 is 0 Å². The second-order valence-electron chi connectivity index (χ2n) is 6.13. The van der Waals surface area contributed by atoms with Crippen molar-refractivity contribution >= 4 is 39.8 Å². The maximum atomic E-state index is 12.5. The predicted molar refractivity (Wildman–Crippen MR) is 105 cm³/mol. The topological polar surface area (TPSA) is 67.8 Å². The summed E-state index contributed by atoms with van der Waals surface area (Å²) in [6, 6.07) is 7.35. The Morgan fingerprint density at radius 3 is 2.76 bits per heavy atom. The van der Waals surface area contributed by atoms with Gasteiger partial charge in [-0.15, -0.1) is 0 Å². The average Bonchev–Trinajstić information content (AvgIpc) is 3.11. The van der Waals surface area contributed by atoms with Crippen molar-refractivity contribution in [2.45, 2.75) is 32.6 Å². The van der Waals surface area contributed by atoms with Crippen LogP contribution in [0, 0.1) is 5.92 Å². The molecule has 25 heavy (non-hydrogen) atoms. The molecule has 0 spiro atoms. The molecule has 1 aliphatic heterocycles. The van der Waals surface area contributed by atoms with Crippen LogP contribution in [0.1, 0.15) is 36.7 Å². The van der Waals surface area contributed by atoms with Crippen molar-refractivity contribution in [2.24, 2.45) is 10.9 Å². The minimum Gasteiger partial charge on any atom is -0.449 e. The third-order valence-corrected chi connectivity index (χ3v) is 5.78. The van der Waals surface area contributed by atoms with Crippen LogP contribution in [0.5, 0.6) is 0 Å². The number of hydrogen-bond donors (Lipinski definition) is 1. The molecule has 136 valence electrons. The standard InChI is InChI=1S/C18H24N2O3S2/c1-12(2)10-20-16(21)13(3)23-17(22)15-7-5-4-6-14(15)11-25-18-19-8-9-24-18/h4-7,12-13H,8-11H2,1-3H3,(H,20,21)/t13-/m1/s1. The molecule has 0 saturated heterocycles. The van der Waals surface area contributed by atoms with Crippen LogP contribution in [-0.4, -0.2) is 41.2 Å². The molecule has 1 atom stereocenters. The number of nitrogens with one attached hydrogen (secondary N) is 1. The van der Waals surface area contributed by atoms with Gasteiger partial charge in [-0.2, -0.15) is 0 Å². The highest BCUT2D eigenvalue weighted by Crippen LogP contribution is 2.26. The first-order valence-corrected chi connectivity index (χ1v) is 10.3. The lowest BCUT2D eigenvalue weighted by Gasteiger charge is -2.15. The number of benzene rings is 1. The van der Waals surface area contributed by atoms with Crippen LogP contribution >= 0.6 is 23.5 Å². The lowest BCUT2D eigenvalue weighted by atomic mass is 10.1. The van der Waals surface area contributed by atoms with E-state index in [1.807, 2.05) is 26.0 Å². The maximum absolute atomic E-state index is 12.5. The van der Waals surface area contributed by atoms with Gasteiger partial charge in [-0.05, 0) is 24.5 Å². The second-order valence-corrected chi connectivity index (χ2v) is 8.43. The first-order valence-electron chi connectivity index (χ1n) is 8.34. The number of hydrogen-bond acceptors (Lipinski definition) is 6. The van der Waals surface area contributed by atoms with E-state index in [1.165, 1.54) is 0 Å². The molecular formula is C18H24N2O3S2. The summed E-state index contributed by atoms with van der Waals surface area (Å²) >= 11 is 3.37. The number of amides is 1. The van der Waals surface area contributed by atoms with Gasteiger partial charge in [0.2, 0.25) is 0 Å². The summed E-state index contributed by atoms with van der Waals surface area (Å²) < 4.78 is 6.41. The third-order valence-electron chi connectivity index (χ3n) is 3.48. The summed E-state index contributed by atoms with van der Waals surface area (Å²) in [7, 11) is 0. The summed E-state index contributed by atoms with van der Waals surface area (Å²) in [5.74, 6) is 1.29. The zero-order valence-corrected chi connectivity index (χ0v) is 16.4. The average molecular weight is 381 g/mol. The number of aliphatic imine (C=N–C) groups is 1. The molecule has 0 radical (unpaired) electrons. The van der Waals surface area contributed by atoms with Crippen molar-refractivity contribution in [3.63, 3.8) is 0 Å². The normalized spacial score (nSPS) is 15.0. The number of thioether (sulfide) groups is 2. The van der Waals surface area contributed by atoms with Crippen LogP contribution in [0.4, 0.5) is 0 Å². The quantitative estimate of drug-likeness (QED) is 0.735. The molecule has 5 nitrogen and oxygen atoms in total. The Bertz CT molecular complexity index is 647. The summed E-state index contributed by atoms with van der Waals surface area (Å²) in [6.45, 7) is 7.04. The van der Waals surface area contributed by atoms with Gasteiger partial charge in [0, 0.05) is 18.1 Å². The van der Waals surface area contributed by atoms with E-state index in [1.54, 1.807) is 42.6 Å². The molecule has 1 amide bonds. The van der Waals surface area contributed by atoms with Crippen molar-refractivity contribution in [2.75, 3.05) is 18.8 Å². The molecule has 0 fully saturated rings. The van der Waals surface area contributed by atoms with Crippen molar-refractivity contribution in [1.29, 1.82) is 0 Å². The van der Waals surface area contributed by atoms with Crippen molar-refractivity contribution in [3.05, 3.63) is 35.4 Å². The smallest absolute Gasteiger partial charge is 0.339 e. The van der Waals surface area contributed by atoms with Gasteiger partial charge < -0.3 is 10.1 Å². The van der Waals surface area contributed by atoms with E-state index in [2.05, 4.69) is 10.3 Å². The number of rotatable bonds is 7. The minimum atomic E-state index is -0.818. The Labute approximate surface area is 157 Å². The molecule has 0 bridgehead atoms. The lowest BCUT2D eigenvalue weighted by Crippen LogP contribution is -2.37. The van der Waals surface area contributed by atoms with Gasteiger partial charge >= 0.3 is 5.97 Å². The highest BCUT2D eigenvalue weighted by molar-refractivity contribution is 8.38. The molecule has 2 rings (SSSR count). The monoisotopic (exact) mass is 380 g/mol. The summed E-state index contributed by atoms with van der Waals surface area (Å²) in [5, 5.41) is 2.78. The van der Waals surface area contributed by atoms with Gasteiger partial charge in [0.25, 0.3) is 5.91 Å². The molecule has 1 aliphatic rings. The Balaban J connectivity index is 1.95. The Morgan fingerprint density at radius 1 is 1.32 bits per heavy atom. The van der Waals surface area contributed by atoms with Crippen molar-refractivity contribution < 1.29 is 14.3 Å². The van der Waals surface area contributed by atoms with Crippen LogP contribution in [0.15, 0.2) is 29.3 Å². The fourth-order valence-corrected chi connectivity index (χ4v) is 4.13. The van der Waals surface area contributed by atoms with E-state index in [-0.39, 0.29) is 5.91 Å². The van der Waals surface area contributed by atoms with Gasteiger partial charge in [0.1, 0.15) is 4.38 Å². The first kappa shape index (κ1) is 19.8. The maximum Gasteiger partial charge on any atom is 0.339 e. The molecule has 0 aromatic heterocycles. The molecule has 0 aliphatic carbocycles. The van der Waals surface area contributed by atoms with E-state index in [0.717, 1.165) is 22.2 Å². The molecule has 1 N–H and O–H groups in total. The lowest BCUT2D eigenvalue weighted by molar-refractivity contribution is -0.129. The summed E-state index contributed by atoms with van der Waals surface area (Å²) in [5.41, 5.74) is 1.39. The molecule has 1 aromatic carbocycles. The number of esters is 1. The molecule has 1 aromatic rings. The van der Waals surface area contributed by atoms with Gasteiger partial charge in [-0.3, -0.25) is 9.79 Å². The third kappa shape index (κ3) is 6.40. The highest BCUT2D eigenvalue weighted by atomic mass is 32.2. The van der Waals surface area contributed by atoms with E-state index in [4.69, 9.17) is 4.74 Å². The highest BCUT2D eigenvalue weighted by Gasteiger charge is 2.21. The fraction of sp³-hybridized carbons (Fsp3) is 0.500. The molecule has 0 saturated carbocycles. The van der Waals surface area contributed by atoms with Gasteiger partial charge in [-0.25, -0.2) is 4.79 Å². The van der Waals surface area contributed by atoms with E-state index in [0.29, 0.717) is 23.8 Å². The van der Waals surface area contributed by atoms with Gasteiger partial charge in [0.15, 0.2) is 6.10 Å². The zero-order chi connectivity index (χ0) is 18.2. The van der Waals surface area contributed by atoms with Crippen LogP contribution in [0.3, 0.4) is 0 Å². The first-order chi connectivity index (χ1) is 12.0. The molecule has 7 heteroatoms. The minimum absolute atomic E-state index is 0.273. The number of carbonyl (C=O) groups is 2. The van der Waals surface area contributed by atoms with Crippen LogP contribution in [-0.2, 0) is 15.3 Å². The fourth-order valence-electron chi connectivity index (χ4n) is 2.11. The summed E-state index contributed by atoms with van der Waals surface area (Å²) in [6.07, 6.45) is -0.818. The second kappa shape index (κ2) is 9.87. The Kier molecular flexibility index (Phi) is 7.84. The summed E-state index contributed by atoms with van der Waals surface area (Å²) in [4.78, 5) is 28.9. The SMILES string of the molecule is CC(C)CNC(=O)[C@@H](C)OC(=O)c1ccccc1CSC1=NCCS1. The van der Waals surface area contributed by atoms with Gasteiger partial charge in [-0.1, -0.05) is 55.6 Å². The molecular weight excluding hydrogens is 356 g/mol. The van der Waals surface area contributed by atoms with Crippen LogP contribution in [0.2, 0.25) is 0 Å². The Hall–Kier alpha value is -1.47. The van der Waals surface area contributed by atoms with E-state index < -0.39 is 12.1 Å². The van der Waals surface area contributed by atoms with E-state index in [9.17, 15) is 9.59 Å². The van der Waals surface area contributed by atoms with Crippen LogP contribution < -0.4 is 5.32 Å². The number of carbonyl (C=O) groups excluding carboxylic acids is 2. The largest absolute Gasteiger partial charge is 0.449 e. The van der Waals surface area contributed by atoms with Gasteiger partial charge in [0.05, 0.1) is 12.1 Å². The van der Waals surface area contributed by atoms with Crippen LogP contribution in [0.25, 0.3) is 0 Å². The van der Waals surface area contributed by atoms with Crippen molar-refractivity contribution in [1.82, 2.24) is 5.32 Å².